The third-order valence-corrected chi connectivity index (χ3v) is 4.14. The molecule has 0 bridgehead atoms. The first kappa shape index (κ1) is 12.4. The number of alkyl halides is 1. The highest BCUT2D eigenvalue weighted by molar-refractivity contribution is 7.88. The van der Waals surface area contributed by atoms with Crippen molar-refractivity contribution in [3.05, 3.63) is 10.2 Å². The summed E-state index contributed by atoms with van der Waals surface area (Å²) in [6.07, 6.45) is 0.934. The van der Waals surface area contributed by atoms with Crippen LogP contribution in [0, 0.1) is 0 Å². The van der Waals surface area contributed by atoms with Crippen molar-refractivity contribution in [2.24, 2.45) is 4.99 Å². The quantitative estimate of drug-likeness (QED) is 0.549. The molecule has 4 nitrogen and oxygen atoms in total. The highest BCUT2D eigenvalue weighted by atomic mass is 35.5. The summed E-state index contributed by atoms with van der Waals surface area (Å²) in [6.45, 7) is 0. The van der Waals surface area contributed by atoms with Crippen LogP contribution in [0.25, 0.3) is 0 Å². The van der Waals surface area contributed by atoms with Crippen LogP contribution in [-0.2, 0) is 10.0 Å². The fourth-order valence-corrected chi connectivity index (χ4v) is 3.23. The molecule has 1 atom stereocenters. The second kappa shape index (κ2) is 4.06. The summed E-state index contributed by atoms with van der Waals surface area (Å²) in [5, 5.41) is -0.513. The van der Waals surface area contributed by atoms with E-state index >= 15 is 0 Å². The molecule has 0 amide bonds. The lowest BCUT2D eigenvalue weighted by Crippen LogP contribution is -2.36. The minimum Gasteiger partial charge on any atom is -0.230 e. The summed E-state index contributed by atoms with van der Waals surface area (Å²) in [7, 11) is -3.62. The Morgan fingerprint density at radius 1 is 1.36 bits per heavy atom. The topological polar surface area (TPSA) is 49.7 Å². The average molecular weight is 298 g/mol. The molecule has 14 heavy (non-hydrogen) atoms. The van der Waals surface area contributed by atoms with Gasteiger partial charge in [-0.15, -0.1) is 0 Å². The van der Waals surface area contributed by atoms with Crippen LogP contribution in [0.3, 0.4) is 0 Å². The molecule has 0 aromatic rings. The molecule has 0 aliphatic carbocycles. The van der Waals surface area contributed by atoms with E-state index in [1.165, 1.54) is 0 Å². The van der Waals surface area contributed by atoms with E-state index in [0.29, 0.717) is 4.31 Å². The summed E-state index contributed by atoms with van der Waals surface area (Å²) in [6, 6.07) is 0. The van der Waals surface area contributed by atoms with Gasteiger partial charge in [0.25, 0.3) is 0 Å². The lowest BCUT2D eigenvalue weighted by atomic mass is 10.6. The molecule has 0 saturated heterocycles. The van der Waals surface area contributed by atoms with E-state index in [0.717, 1.165) is 6.26 Å². The number of halogens is 4. The first-order chi connectivity index (χ1) is 6.25. The molecule has 1 aliphatic rings. The van der Waals surface area contributed by atoms with Crippen molar-refractivity contribution < 1.29 is 8.42 Å². The number of hydrogen-bond acceptors (Lipinski definition) is 3. The normalized spacial score (nSPS) is 23.9. The third kappa shape index (κ3) is 2.28. The van der Waals surface area contributed by atoms with Gasteiger partial charge in [0.1, 0.15) is 15.4 Å². The zero-order chi connectivity index (χ0) is 11.1. The summed E-state index contributed by atoms with van der Waals surface area (Å²) in [5.41, 5.74) is -1.20. The monoisotopic (exact) mass is 296 g/mol. The lowest BCUT2D eigenvalue weighted by molar-refractivity contribution is 0.477. The Balaban J connectivity index is 3.27. The van der Waals surface area contributed by atoms with E-state index in [-0.39, 0.29) is 15.4 Å². The van der Waals surface area contributed by atoms with Gasteiger partial charge in [0.15, 0.2) is 0 Å². The van der Waals surface area contributed by atoms with Gasteiger partial charge in [0.05, 0.1) is 6.26 Å². The van der Waals surface area contributed by atoms with Crippen LogP contribution < -0.4 is 0 Å². The maximum Gasteiger partial charge on any atom is 0.235 e. The van der Waals surface area contributed by atoms with E-state index in [1.807, 2.05) is 0 Å². The lowest BCUT2D eigenvalue weighted by Gasteiger charge is -2.27. The molecule has 0 spiro atoms. The Morgan fingerprint density at radius 3 is 2.29 bits per heavy atom. The Hall–Kier alpha value is 0.320. The standard InChI is InChI=1S/C5H4Cl4N2O2S/c1-14(12,13)11-4(8)2(6)3(7)10-5(11)9/h5H,1H3. The minimum atomic E-state index is -3.62. The predicted molar refractivity (Wildman–Crippen MR) is 58.3 cm³/mol. The molecule has 1 unspecified atom stereocenters. The third-order valence-electron chi connectivity index (χ3n) is 1.33. The van der Waals surface area contributed by atoms with Gasteiger partial charge in [-0.05, 0) is 0 Å². The molecule has 0 aromatic carbocycles. The first-order valence-corrected chi connectivity index (χ1v) is 6.59. The first-order valence-electron chi connectivity index (χ1n) is 3.17. The molecule has 0 N–H and O–H groups in total. The largest absolute Gasteiger partial charge is 0.235 e. The van der Waals surface area contributed by atoms with Crippen molar-refractivity contribution in [1.82, 2.24) is 4.31 Å². The number of sulfonamides is 1. The van der Waals surface area contributed by atoms with Crippen LogP contribution in [-0.4, -0.2) is 29.8 Å². The molecule has 0 saturated carbocycles. The highest BCUT2D eigenvalue weighted by Crippen LogP contribution is 2.32. The molecule has 0 fully saturated rings. The van der Waals surface area contributed by atoms with Gasteiger partial charge in [0.2, 0.25) is 15.6 Å². The number of nitrogens with zero attached hydrogens (tertiary/aromatic N) is 2. The number of hydrogen-bond donors (Lipinski definition) is 0. The number of allylic oxidation sites excluding steroid dienone is 1. The van der Waals surface area contributed by atoms with E-state index < -0.39 is 15.6 Å². The van der Waals surface area contributed by atoms with Crippen molar-refractivity contribution in [3.8, 4) is 0 Å². The smallest absolute Gasteiger partial charge is 0.230 e. The maximum atomic E-state index is 11.2. The van der Waals surface area contributed by atoms with E-state index in [2.05, 4.69) is 4.99 Å². The van der Waals surface area contributed by atoms with Crippen LogP contribution in [0.4, 0.5) is 0 Å². The van der Waals surface area contributed by atoms with E-state index in [9.17, 15) is 8.42 Å². The van der Waals surface area contributed by atoms with Gasteiger partial charge in [-0.25, -0.2) is 17.7 Å². The molecular weight excluding hydrogens is 294 g/mol. The van der Waals surface area contributed by atoms with Crippen molar-refractivity contribution in [2.75, 3.05) is 6.26 Å². The number of aliphatic imine (C=N–C) groups is 1. The van der Waals surface area contributed by atoms with Gasteiger partial charge in [-0.2, -0.15) is 0 Å². The van der Waals surface area contributed by atoms with Crippen molar-refractivity contribution in [2.45, 2.75) is 5.62 Å². The summed E-state index contributed by atoms with van der Waals surface area (Å²) >= 11 is 22.4. The van der Waals surface area contributed by atoms with Gasteiger partial charge >= 0.3 is 0 Å². The fourth-order valence-electron chi connectivity index (χ4n) is 0.782. The summed E-state index contributed by atoms with van der Waals surface area (Å²) < 4.78 is 23.1. The Labute approximate surface area is 101 Å². The summed E-state index contributed by atoms with van der Waals surface area (Å²) in [4.78, 5) is 3.58. The molecule has 80 valence electrons. The molecule has 1 heterocycles. The predicted octanol–water partition coefficient (Wildman–Crippen LogP) is 2.07. The second-order valence-corrected chi connectivity index (χ2v) is 5.74. The molecule has 0 aromatic heterocycles. The van der Waals surface area contributed by atoms with E-state index in [1.54, 1.807) is 0 Å². The number of rotatable bonds is 1. The Kier molecular flexibility index (Phi) is 3.59. The molecule has 0 radical (unpaired) electrons. The van der Waals surface area contributed by atoms with Gasteiger partial charge in [-0.1, -0.05) is 46.4 Å². The molecule has 1 rings (SSSR count). The summed E-state index contributed by atoms with van der Waals surface area (Å²) in [5.74, 6) is 0. The zero-order valence-corrected chi connectivity index (χ0v) is 10.5. The van der Waals surface area contributed by atoms with Crippen LogP contribution in [0.15, 0.2) is 15.2 Å². The van der Waals surface area contributed by atoms with Crippen molar-refractivity contribution in [3.63, 3.8) is 0 Å². The fraction of sp³-hybridized carbons (Fsp3) is 0.400. The van der Waals surface area contributed by atoms with Crippen LogP contribution in [0.2, 0.25) is 0 Å². The van der Waals surface area contributed by atoms with Gasteiger partial charge in [-0.3, -0.25) is 0 Å². The average Bonchev–Trinajstić information content (AvgIpc) is 1.97. The Morgan fingerprint density at radius 2 is 1.86 bits per heavy atom. The van der Waals surface area contributed by atoms with Crippen LogP contribution in [0.5, 0.6) is 0 Å². The van der Waals surface area contributed by atoms with Gasteiger partial charge < -0.3 is 0 Å². The van der Waals surface area contributed by atoms with Crippen molar-refractivity contribution in [1.29, 1.82) is 0 Å². The van der Waals surface area contributed by atoms with Crippen molar-refractivity contribution >= 4 is 61.6 Å². The minimum absolute atomic E-state index is 0.114. The molecule has 9 heteroatoms. The van der Waals surface area contributed by atoms with E-state index in [4.69, 9.17) is 46.4 Å². The second-order valence-electron chi connectivity index (χ2n) is 2.39. The zero-order valence-electron chi connectivity index (χ0n) is 6.71. The SMILES string of the molecule is CS(=O)(=O)N1C(Cl)=C(Cl)C(Cl)=NC1Cl. The molecular formula is C5H4Cl4N2O2S. The molecule has 1 aliphatic heterocycles. The maximum absolute atomic E-state index is 11.2. The Bertz CT molecular complexity index is 415. The highest BCUT2D eigenvalue weighted by Gasteiger charge is 2.33. The van der Waals surface area contributed by atoms with Crippen LogP contribution >= 0.6 is 46.4 Å². The van der Waals surface area contributed by atoms with Gasteiger partial charge in [0, 0.05) is 0 Å². The van der Waals surface area contributed by atoms with Crippen LogP contribution in [0.1, 0.15) is 0 Å².